The summed E-state index contributed by atoms with van der Waals surface area (Å²) in [5, 5.41) is 0. The van der Waals surface area contributed by atoms with Gasteiger partial charge in [-0.15, -0.1) is 0 Å². The minimum absolute atomic E-state index is 0.166. The minimum atomic E-state index is -0.196. The van der Waals surface area contributed by atoms with E-state index >= 15 is 0 Å². The standard InChI is InChI=1S/C14H21N3O/c1-16-7-9-17(10-8-16)14(18)11-13(15)12-5-3-2-4-6-12/h2-6,13H,7-11,15H2,1H3. The number of amides is 1. The van der Waals surface area contributed by atoms with Crippen LogP contribution in [0.5, 0.6) is 0 Å². The maximum atomic E-state index is 12.1. The van der Waals surface area contributed by atoms with Crippen molar-refractivity contribution in [2.24, 2.45) is 5.73 Å². The molecule has 1 atom stereocenters. The molecule has 98 valence electrons. The predicted molar refractivity (Wildman–Crippen MR) is 72.1 cm³/mol. The van der Waals surface area contributed by atoms with E-state index in [0.717, 1.165) is 31.7 Å². The largest absolute Gasteiger partial charge is 0.340 e. The van der Waals surface area contributed by atoms with Crippen molar-refractivity contribution in [2.75, 3.05) is 33.2 Å². The SMILES string of the molecule is CN1CCN(C(=O)CC(N)c2ccccc2)CC1. The number of likely N-dealkylation sites (N-methyl/N-ethyl adjacent to an activating group) is 1. The molecule has 1 aromatic rings. The van der Waals surface area contributed by atoms with Gasteiger partial charge < -0.3 is 15.5 Å². The summed E-state index contributed by atoms with van der Waals surface area (Å²) in [5.41, 5.74) is 7.10. The fraction of sp³-hybridized carbons (Fsp3) is 0.500. The number of benzene rings is 1. The third-order valence-corrected chi connectivity index (χ3v) is 3.48. The number of nitrogens with zero attached hydrogens (tertiary/aromatic N) is 2. The van der Waals surface area contributed by atoms with E-state index in [9.17, 15) is 4.79 Å². The zero-order chi connectivity index (χ0) is 13.0. The predicted octanol–water partition coefficient (Wildman–Crippen LogP) is 0.850. The lowest BCUT2D eigenvalue weighted by Gasteiger charge is -2.33. The highest BCUT2D eigenvalue weighted by atomic mass is 16.2. The summed E-state index contributed by atoms with van der Waals surface area (Å²) in [5.74, 6) is 0.166. The van der Waals surface area contributed by atoms with Crippen LogP contribution in [-0.4, -0.2) is 48.9 Å². The number of rotatable bonds is 3. The Hall–Kier alpha value is -1.39. The molecule has 0 aliphatic carbocycles. The third-order valence-electron chi connectivity index (χ3n) is 3.48. The molecule has 0 aromatic heterocycles. The highest BCUT2D eigenvalue weighted by Gasteiger charge is 2.21. The second-order valence-electron chi connectivity index (χ2n) is 4.91. The van der Waals surface area contributed by atoms with Gasteiger partial charge in [-0.1, -0.05) is 30.3 Å². The summed E-state index contributed by atoms with van der Waals surface area (Å²) in [4.78, 5) is 16.3. The molecule has 1 saturated heterocycles. The smallest absolute Gasteiger partial charge is 0.224 e. The van der Waals surface area contributed by atoms with Crippen LogP contribution in [0.4, 0.5) is 0 Å². The molecule has 18 heavy (non-hydrogen) atoms. The number of carbonyl (C=O) groups excluding carboxylic acids is 1. The van der Waals surface area contributed by atoms with Gasteiger partial charge >= 0.3 is 0 Å². The van der Waals surface area contributed by atoms with E-state index in [1.165, 1.54) is 0 Å². The van der Waals surface area contributed by atoms with Crippen LogP contribution in [0.15, 0.2) is 30.3 Å². The number of hydrogen-bond donors (Lipinski definition) is 1. The van der Waals surface area contributed by atoms with Crippen LogP contribution in [-0.2, 0) is 4.79 Å². The Balaban J connectivity index is 1.87. The molecule has 0 saturated carbocycles. The Morgan fingerprint density at radius 2 is 1.83 bits per heavy atom. The van der Waals surface area contributed by atoms with Crippen LogP contribution >= 0.6 is 0 Å². The number of carbonyl (C=O) groups is 1. The first-order valence-corrected chi connectivity index (χ1v) is 6.43. The maximum Gasteiger partial charge on any atom is 0.224 e. The highest BCUT2D eigenvalue weighted by Crippen LogP contribution is 2.15. The van der Waals surface area contributed by atoms with Gasteiger partial charge in [-0.2, -0.15) is 0 Å². The topological polar surface area (TPSA) is 49.6 Å². The summed E-state index contributed by atoms with van der Waals surface area (Å²) in [6, 6.07) is 9.62. The molecule has 1 fully saturated rings. The van der Waals surface area contributed by atoms with Gasteiger partial charge in [0.2, 0.25) is 5.91 Å². The number of piperazine rings is 1. The van der Waals surface area contributed by atoms with Gasteiger partial charge in [0.25, 0.3) is 0 Å². The number of nitrogens with two attached hydrogens (primary N) is 1. The van der Waals surface area contributed by atoms with Gasteiger partial charge in [-0.05, 0) is 12.6 Å². The Bertz CT molecular complexity index is 385. The van der Waals surface area contributed by atoms with Crippen LogP contribution in [0.1, 0.15) is 18.0 Å². The molecular formula is C14H21N3O. The van der Waals surface area contributed by atoms with Crippen molar-refractivity contribution in [3.63, 3.8) is 0 Å². The summed E-state index contributed by atoms with van der Waals surface area (Å²) < 4.78 is 0. The fourth-order valence-electron chi connectivity index (χ4n) is 2.19. The van der Waals surface area contributed by atoms with E-state index in [0.29, 0.717) is 6.42 Å². The average Bonchev–Trinajstić information content (AvgIpc) is 2.40. The van der Waals surface area contributed by atoms with Crippen LogP contribution in [0, 0.1) is 0 Å². The Labute approximate surface area is 108 Å². The van der Waals surface area contributed by atoms with Crippen molar-refractivity contribution < 1.29 is 4.79 Å². The first-order chi connectivity index (χ1) is 8.66. The number of hydrogen-bond acceptors (Lipinski definition) is 3. The highest BCUT2D eigenvalue weighted by molar-refractivity contribution is 5.77. The van der Waals surface area contributed by atoms with Crippen LogP contribution in [0.3, 0.4) is 0 Å². The minimum Gasteiger partial charge on any atom is -0.340 e. The Morgan fingerprint density at radius 3 is 2.44 bits per heavy atom. The first kappa shape index (κ1) is 13.1. The van der Waals surface area contributed by atoms with Gasteiger partial charge in [0.1, 0.15) is 0 Å². The van der Waals surface area contributed by atoms with Crippen molar-refractivity contribution in [3.05, 3.63) is 35.9 Å². The fourth-order valence-corrected chi connectivity index (χ4v) is 2.19. The van der Waals surface area contributed by atoms with E-state index in [4.69, 9.17) is 5.73 Å². The maximum absolute atomic E-state index is 12.1. The van der Waals surface area contributed by atoms with Gasteiger partial charge in [0.15, 0.2) is 0 Å². The molecule has 0 spiro atoms. The van der Waals surface area contributed by atoms with E-state index in [-0.39, 0.29) is 11.9 Å². The first-order valence-electron chi connectivity index (χ1n) is 6.43. The van der Waals surface area contributed by atoms with Crippen molar-refractivity contribution in [1.29, 1.82) is 0 Å². The van der Waals surface area contributed by atoms with Gasteiger partial charge in [0, 0.05) is 38.6 Å². The molecule has 0 radical (unpaired) electrons. The Kier molecular flexibility index (Phi) is 4.33. The van der Waals surface area contributed by atoms with Crippen molar-refractivity contribution in [2.45, 2.75) is 12.5 Å². The van der Waals surface area contributed by atoms with Gasteiger partial charge in [-0.3, -0.25) is 4.79 Å². The molecule has 2 rings (SSSR count). The van der Waals surface area contributed by atoms with E-state index in [2.05, 4.69) is 11.9 Å². The van der Waals surface area contributed by atoms with E-state index in [1.807, 2.05) is 35.2 Å². The molecule has 1 unspecified atom stereocenters. The van der Waals surface area contributed by atoms with Crippen LogP contribution < -0.4 is 5.73 Å². The lowest BCUT2D eigenvalue weighted by Crippen LogP contribution is -2.47. The van der Waals surface area contributed by atoms with Gasteiger partial charge in [-0.25, -0.2) is 0 Å². The molecule has 1 amide bonds. The summed E-state index contributed by atoms with van der Waals surface area (Å²) >= 11 is 0. The average molecular weight is 247 g/mol. The summed E-state index contributed by atoms with van der Waals surface area (Å²) in [7, 11) is 2.08. The zero-order valence-corrected chi connectivity index (χ0v) is 10.9. The molecule has 0 bridgehead atoms. The lowest BCUT2D eigenvalue weighted by atomic mass is 10.0. The second-order valence-corrected chi connectivity index (χ2v) is 4.91. The molecule has 4 nitrogen and oxygen atoms in total. The molecular weight excluding hydrogens is 226 g/mol. The van der Waals surface area contributed by atoms with Crippen molar-refractivity contribution >= 4 is 5.91 Å². The van der Waals surface area contributed by atoms with E-state index < -0.39 is 0 Å². The molecule has 2 N–H and O–H groups in total. The van der Waals surface area contributed by atoms with Gasteiger partial charge in [0.05, 0.1) is 0 Å². The van der Waals surface area contributed by atoms with Crippen LogP contribution in [0.2, 0.25) is 0 Å². The van der Waals surface area contributed by atoms with Crippen molar-refractivity contribution in [3.8, 4) is 0 Å². The second kappa shape index (κ2) is 5.98. The van der Waals surface area contributed by atoms with E-state index in [1.54, 1.807) is 0 Å². The zero-order valence-electron chi connectivity index (χ0n) is 10.9. The van der Waals surface area contributed by atoms with Crippen molar-refractivity contribution in [1.82, 2.24) is 9.80 Å². The summed E-state index contributed by atoms with van der Waals surface area (Å²) in [6.07, 6.45) is 0.397. The quantitative estimate of drug-likeness (QED) is 0.861. The summed E-state index contributed by atoms with van der Waals surface area (Å²) in [6.45, 7) is 3.53. The lowest BCUT2D eigenvalue weighted by molar-refractivity contribution is -0.133. The molecule has 4 heteroatoms. The normalized spacial score (nSPS) is 18.7. The third kappa shape index (κ3) is 3.31. The Morgan fingerprint density at radius 1 is 1.22 bits per heavy atom. The van der Waals surface area contributed by atoms with Crippen LogP contribution in [0.25, 0.3) is 0 Å². The monoisotopic (exact) mass is 247 g/mol. The molecule has 1 aliphatic rings. The molecule has 1 heterocycles. The molecule has 1 aliphatic heterocycles. The molecule has 1 aromatic carbocycles.